The van der Waals surface area contributed by atoms with Gasteiger partial charge in [0.05, 0.1) is 31.0 Å². The molecule has 1 saturated carbocycles. The van der Waals surface area contributed by atoms with Gasteiger partial charge in [-0.2, -0.15) is 0 Å². The number of carbonyl (C=O) groups excluding carboxylic acids is 1. The third kappa shape index (κ3) is 8.22. The smallest absolute Gasteiger partial charge is 0.410 e. The van der Waals surface area contributed by atoms with E-state index in [1.165, 1.54) is 10.6 Å². The number of aryl methyl sites for hydroxylation is 1. The monoisotopic (exact) mass is 752 g/mol. The summed E-state index contributed by atoms with van der Waals surface area (Å²) in [6.45, 7) is 13.8. The minimum Gasteiger partial charge on any atom is -0.496 e. The number of hydrogen-bond acceptors (Lipinski definition) is 10. The third-order valence-electron chi connectivity index (χ3n) is 11.3. The molecule has 1 amide bonds. The highest BCUT2D eigenvalue weighted by atomic mass is 16.6. The van der Waals surface area contributed by atoms with Gasteiger partial charge in [0.1, 0.15) is 11.4 Å². The van der Waals surface area contributed by atoms with Gasteiger partial charge in [-0.3, -0.25) is 9.69 Å². The number of carbonyl (C=O) groups is 1. The van der Waals surface area contributed by atoms with Crippen LogP contribution in [-0.2, 0) is 22.1 Å². The molecule has 12 nitrogen and oxygen atoms in total. The number of rotatable bonds is 10. The van der Waals surface area contributed by atoms with E-state index in [0.29, 0.717) is 29.9 Å². The predicted molar refractivity (Wildman–Crippen MR) is 214 cm³/mol. The Balaban J connectivity index is 1.19. The number of piperidine rings is 1. The normalized spacial score (nSPS) is 21.1. The Labute approximate surface area is 324 Å². The van der Waals surface area contributed by atoms with Gasteiger partial charge >= 0.3 is 6.09 Å². The van der Waals surface area contributed by atoms with E-state index in [9.17, 15) is 14.7 Å². The van der Waals surface area contributed by atoms with Gasteiger partial charge in [0.25, 0.3) is 5.56 Å². The van der Waals surface area contributed by atoms with Crippen molar-refractivity contribution in [3.05, 3.63) is 82.4 Å². The quantitative estimate of drug-likeness (QED) is 0.208. The zero-order valence-corrected chi connectivity index (χ0v) is 33.3. The number of amides is 1. The minimum absolute atomic E-state index is 0.0135. The van der Waals surface area contributed by atoms with E-state index in [2.05, 4.69) is 23.6 Å². The first-order valence-electron chi connectivity index (χ1n) is 19.7. The van der Waals surface area contributed by atoms with Gasteiger partial charge in [-0.1, -0.05) is 36.4 Å². The molecule has 3 aliphatic rings. The Kier molecular flexibility index (Phi) is 11.0. The Bertz CT molecular complexity index is 2050. The Morgan fingerprint density at radius 1 is 0.945 bits per heavy atom. The molecule has 2 aliphatic heterocycles. The summed E-state index contributed by atoms with van der Waals surface area (Å²) in [6.07, 6.45) is 5.37. The number of pyridine rings is 1. The van der Waals surface area contributed by atoms with Crippen molar-refractivity contribution in [1.29, 1.82) is 0 Å². The van der Waals surface area contributed by atoms with Gasteiger partial charge in [0.15, 0.2) is 5.60 Å². The first-order valence-corrected chi connectivity index (χ1v) is 19.7. The zero-order chi connectivity index (χ0) is 39.1. The molecule has 55 heavy (non-hydrogen) atoms. The van der Waals surface area contributed by atoms with E-state index in [0.717, 1.165) is 79.5 Å². The molecule has 1 N–H and O–H groups in total. The summed E-state index contributed by atoms with van der Waals surface area (Å²) in [5, 5.41) is 12.2. The molecule has 0 radical (unpaired) electrons. The molecule has 3 atom stereocenters. The Morgan fingerprint density at radius 3 is 2.33 bits per heavy atom. The van der Waals surface area contributed by atoms with Crippen molar-refractivity contribution >= 4 is 22.9 Å². The number of nitrogens with zero attached hydrogens (tertiary/aromatic N) is 6. The number of aliphatic hydroxyl groups excluding tert-OH is 1. The molecule has 294 valence electrons. The number of aromatic nitrogens is 3. The first-order chi connectivity index (χ1) is 26.3. The van der Waals surface area contributed by atoms with Crippen LogP contribution in [0.3, 0.4) is 0 Å². The number of anilines is 1. The van der Waals surface area contributed by atoms with Crippen LogP contribution in [0.5, 0.6) is 5.75 Å². The molecule has 0 spiro atoms. The third-order valence-corrected chi connectivity index (χ3v) is 11.3. The molecule has 2 aromatic heterocycles. The van der Waals surface area contributed by atoms with Gasteiger partial charge in [-0.25, -0.2) is 14.8 Å². The summed E-state index contributed by atoms with van der Waals surface area (Å²) >= 11 is 0. The Morgan fingerprint density at radius 2 is 1.67 bits per heavy atom. The average molecular weight is 753 g/mol. The van der Waals surface area contributed by atoms with Gasteiger partial charge < -0.3 is 33.7 Å². The van der Waals surface area contributed by atoms with Gasteiger partial charge in [0, 0.05) is 75.1 Å². The van der Waals surface area contributed by atoms with Crippen LogP contribution in [0.15, 0.2) is 65.6 Å². The molecule has 2 aromatic carbocycles. The molecule has 1 aliphatic carbocycles. The second-order valence-electron chi connectivity index (χ2n) is 16.7. The highest BCUT2D eigenvalue weighted by molar-refractivity contribution is 5.89. The van der Waals surface area contributed by atoms with E-state index < -0.39 is 11.2 Å². The fourth-order valence-corrected chi connectivity index (χ4v) is 8.05. The van der Waals surface area contributed by atoms with E-state index >= 15 is 0 Å². The number of ether oxygens (including phenoxy) is 3. The topological polar surface area (TPSA) is 122 Å². The van der Waals surface area contributed by atoms with Crippen LogP contribution < -0.4 is 15.2 Å². The highest BCUT2D eigenvalue weighted by Gasteiger charge is 2.44. The van der Waals surface area contributed by atoms with Crippen LogP contribution in [0.1, 0.15) is 71.6 Å². The maximum absolute atomic E-state index is 12.9. The summed E-state index contributed by atoms with van der Waals surface area (Å²) in [7, 11) is 3.28. The first kappa shape index (κ1) is 38.7. The number of piperazine rings is 1. The van der Waals surface area contributed by atoms with E-state index in [1.54, 1.807) is 20.4 Å². The summed E-state index contributed by atoms with van der Waals surface area (Å²) in [4.78, 5) is 42.6. The second-order valence-corrected chi connectivity index (χ2v) is 16.7. The molecule has 7 rings (SSSR count). The number of fused-ring (bicyclic) bond motifs is 1. The standard InChI is InChI=1S/C43H56N6O6/c1-28-24-49(41(52)55-42(3,4)5)29(2)23-48(28)25-30-17-19-47(20-18-30)40-44-36-16-13-31(35-26-46(6)38(51)22-37(35)53-7)21-34(36)39(45-40)43(27-50,54-33-14-15-33)32-11-9-8-10-12-32/h8-13,16,21-22,26,28-30,33,50H,14-15,17-20,23-25,27H2,1-7H3/t28-,29+,43?/m0/s1. The number of hydrogen-bond donors (Lipinski definition) is 1. The van der Waals surface area contributed by atoms with Crippen molar-refractivity contribution in [2.24, 2.45) is 13.0 Å². The largest absolute Gasteiger partial charge is 0.496 e. The predicted octanol–water partition coefficient (Wildman–Crippen LogP) is 5.97. The number of benzene rings is 2. The van der Waals surface area contributed by atoms with E-state index in [-0.39, 0.29) is 36.4 Å². The maximum Gasteiger partial charge on any atom is 0.410 e. The van der Waals surface area contributed by atoms with Crippen LogP contribution >= 0.6 is 0 Å². The maximum atomic E-state index is 12.9. The summed E-state index contributed by atoms with van der Waals surface area (Å²) in [5.41, 5.74) is 1.88. The fourth-order valence-electron chi connectivity index (χ4n) is 8.05. The van der Waals surface area contributed by atoms with Crippen LogP contribution in [-0.4, -0.2) is 106 Å². The molecule has 1 unspecified atom stereocenters. The van der Waals surface area contributed by atoms with Crippen LogP contribution in [0, 0.1) is 5.92 Å². The fraction of sp³-hybridized carbons (Fsp3) is 0.535. The highest BCUT2D eigenvalue weighted by Crippen LogP contribution is 2.43. The lowest BCUT2D eigenvalue weighted by Crippen LogP contribution is -2.59. The van der Waals surface area contributed by atoms with Crippen LogP contribution in [0.2, 0.25) is 0 Å². The Hall–Kier alpha value is -4.52. The number of methoxy groups -OCH3 is 1. The zero-order valence-electron chi connectivity index (χ0n) is 33.3. The number of aliphatic hydroxyl groups is 1. The van der Waals surface area contributed by atoms with E-state index in [4.69, 9.17) is 24.2 Å². The lowest BCUT2D eigenvalue weighted by Gasteiger charge is -2.46. The van der Waals surface area contributed by atoms with Crippen LogP contribution in [0.4, 0.5) is 10.7 Å². The van der Waals surface area contributed by atoms with Gasteiger partial charge in [-0.05, 0) is 89.5 Å². The van der Waals surface area contributed by atoms with Crippen molar-refractivity contribution in [3.63, 3.8) is 0 Å². The average Bonchev–Trinajstić information content (AvgIpc) is 3.99. The van der Waals surface area contributed by atoms with Crippen molar-refractivity contribution < 1.29 is 24.1 Å². The van der Waals surface area contributed by atoms with Crippen molar-refractivity contribution in [3.8, 4) is 16.9 Å². The van der Waals surface area contributed by atoms with Crippen molar-refractivity contribution in [1.82, 2.24) is 24.3 Å². The van der Waals surface area contributed by atoms with Crippen molar-refractivity contribution in [2.75, 3.05) is 51.3 Å². The van der Waals surface area contributed by atoms with Gasteiger partial charge in [-0.15, -0.1) is 0 Å². The SMILES string of the molecule is COc1cc(=O)n(C)cc1-c1ccc2nc(N3CCC(CN4C[C@@H](C)N(C(=O)OC(C)(C)C)C[C@@H]4C)CC3)nc(C(CO)(OC3CC3)c3ccccc3)c2c1. The molecular weight excluding hydrogens is 697 g/mol. The molecule has 3 fully saturated rings. The second kappa shape index (κ2) is 15.5. The molecule has 0 bridgehead atoms. The summed E-state index contributed by atoms with van der Waals surface area (Å²) in [5.74, 6) is 1.59. The summed E-state index contributed by atoms with van der Waals surface area (Å²) < 4.78 is 19.7. The molecule has 12 heteroatoms. The van der Waals surface area contributed by atoms with Gasteiger partial charge in [0.2, 0.25) is 5.95 Å². The lowest BCUT2D eigenvalue weighted by molar-refractivity contribution is -0.0672. The van der Waals surface area contributed by atoms with Crippen LogP contribution in [0.25, 0.3) is 22.0 Å². The molecular formula is C43H56N6O6. The molecule has 4 aromatic rings. The summed E-state index contributed by atoms with van der Waals surface area (Å²) in [6, 6.07) is 17.7. The van der Waals surface area contributed by atoms with Crippen molar-refractivity contribution in [2.45, 2.75) is 89.7 Å². The molecule has 2 saturated heterocycles. The van der Waals surface area contributed by atoms with E-state index in [1.807, 2.05) is 74.2 Å². The molecule has 4 heterocycles. The minimum atomic E-state index is -1.22. The lowest BCUT2D eigenvalue weighted by atomic mass is 9.87.